The normalized spacial score (nSPS) is 17.9. The molecule has 1 amide bonds. The molecule has 0 aliphatic carbocycles. The Bertz CT molecular complexity index is 253. The summed E-state index contributed by atoms with van der Waals surface area (Å²) in [6.07, 6.45) is 8.66. The van der Waals surface area contributed by atoms with E-state index in [1.54, 1.807) is 0 Å². The molecule has 0 radical (unpaired) electrons. The lowest BCUT2D eigenvalue weighted by Gasteiger charge is -2.23. The molecular weight excluding hydrogens is 252 g/mol. The lowest BCUT2D eigenvalue weighted by Crippen LogP contribution is -2.36. The monoisotopic (exact) mass is 284 g/mol. The molecule has 2 N–H and O–H groups in total. The van der Waals surface area contributed by atoms with E-state index in [1.807, 2.05) is 0 Å². The maximum atomic E-state index is 11.9. The van der Waals surface area contributed by atoms with Crippen molar-refractivity contribution in [3.8, 4) is 0 Å². The van der Waals surface area contributed by atoms with Gasteiger partial charge in [0.2, 0.25) is 5.91 Å². The minimum atomic E-state index is 0.147. The Morgan fingerprint density at radius 1 is 1.25 bits per heavy atom. The highest BCUT2D eigenvalue weighted by molar-refractivity contribution is 5.76. The first-order valence-corrected chi connectivity index (χ1v) is 8.38. The molecule has 1 rings (SSSR count). The van der Waals surface area contributed by atoms with Gasteiger partial charge >= 0.3 is 0 Å². The summed E-state index contributed by atoms with van der Waals surface area (Å²) in [4.78, 5) is 11.9. The maximum Gasteiger partial charge on any atom is 0.222 e. The van der Waals surface area contributed by atoms with Crippen molar-refractivity contribution in [1.82, 2.24) is 10.6 Å². The van der Waals surface area contributed by atoms with Crippen LogP contribution >= 0.6 is 0 Å². The average Bonchev–Trinajstić information content (AvgIpc) is 2.46. The summed E-state index contributed by atoms with van der Waals surface area (Å²) in [6, 6.07) is 0.353. The molecule has 1 unspecified atom stereocenters. The van der Waals surface area contributed by atoms with Gasteiger partial charge in [0.05, 0.1) is 12.7 Å². The van der Waals surface area contributed by atoms with Gasteiger partial charge in [0.1, 0.15) is 0 Å². The van der Waals surface area contributed by atoms with Crippen LogP contribution in [0.5, 0.6) is 0 Å². The molecule has 1 atom stereocenters. The minimum Gasteiger partial charge on any atom is -0.378 e. The Hall–Kier alpha value is -0.610. The van der Waals surface area contributed by atoms with Crippen LogP contribution in [-0.4, -0.2) is 37.7 Å². The summed E-state index contributed by atoms with van der Waals surface area (Å²) in [6.45, 7) is 6.99. The molecule has 0 spiro atoms. The number of nitrogens with one attached hydrogen (secondary N) is 2. The molecule has 4 heteroatoms. The predicted molar refractivity (Wildman–Crippen MR) is 82.8 cm³/mol. The van der Waals surface area contributed by atoms with Crippen LogP contribution in [0.1, 0.15) is 65.2 Å². The van der Waals surface area contributed by atoms with E-state index < -0.39 is 0 Å². The number of unbranched alkanes of at least 4 members (excludes halogenated alkanes) is 1. The zero-order valence-corrected chi connectivity index (χ0v) is 13.2. The van der Waals surface area contributed by atoms with Crippen molar-refractivity contribution < 1.29 is 9.53 Å². The van der Waals surface area contributed by atoms with Gasteiger partial charge < -0.3 is 15.4 Å². The van der Waals surface area contributed by atoms with E-state index in [0.29, 0.717) is 25.2 Å². The lowest BCUT2D eigenvalue weighted by atomic mass is 10.1. The summed E-state index contributed by atoms with van der Waals surface area (Å²) < 4.78 is 5.78. The topological polar surface area (TPSA) is 50.4 Å². The van der Waals surface area contributed by atoms with E-state index in [2.05, 4.69) is 24.5 Å². The summed E-state index contributed by atoms with van der Waals surface area (Å²) >= 11 is 0. The SMILES string of the molecule is CCCCC(CCC)NC(=O)CCOC1CCNCC1. The number of carbonyl (C=O) groups excluding carboxylic acids is 1. The number of piperidine rings is 1. The second-order valence-corrected chi connectivity index (χ2v) is 5.77. The molecule has 0 aromatic rings. The Morgan fingerprint density at radius 2 is 2.00 bits per heavy atom. The zero-order valence-electron chi connectivity index (χ0n) is 13.2. The van der Waals surface area contributed by atoms with Crippen molar-refractivity contribution in [1.29, 1.82) is 0 Å². The number of carbonyl (C=O) groups is 1. The molecule has 4 nitrogen and oxygen atoms in total. The van der Waals surface area contributed by atoms with Crippen molar-refractivity contribution in [2.24, 2.45) is 0 Å². The largest absolute Gasteiger partial charge is 0.378 e. The molecule has 0 aromatic carbocycles. The van der Waals surface area contributed by atoms with E-state index in [-0.39, 0.29) is 5.91 Å². The Morgan fingerprint density at radius 3 is 2.65 bits per heavy atom. The van der Waals surface area contributed by atoms with Crippen LogP contribution in [-0.2, 0) is 9.53 Å². The van der Waals surface area contributed by atoms with Crippen LogP contribution in [0.25, 0.3) is 0 Å². The van der Waals surface area contributed by atoms with Gasteiger partial charge in [-0.05, 0) is 38.8 Å². The van der Waals surface area contributed by atoms with Gasteiger partial charge in [-0.25, -0.2) is 0 Å². The van der Waals surface area contributed by atoms with Crippen molar-refractivity contribution in [2.45, 2.75) is 77.4 Å². The first-order valence-electron chi connectivity index (χ1n) is 8.38. The summed E-state index contributed by atoms with van der Waals surface area (Å²) in [7, 11) is 0. The van der Waals surface area contributed by atoms with Gasteiger partial charge in [-0.2, -0.15) is 0 Å². The van der Waals surface area contributed by atoms with E-state index in [1.165, 1.54) is 12.8 Å². The number of rotatable bonds is 10. The molecule has 0 aromatic heterocycles. The van der Waals surface area contributed by atoms with Crippen LogP contribution in [0.3, 0.4) is 0 Å². The molecule has 1 fully saturated rings. The first-order chi connectivity index (χ1) is 9.76. The van der Waals surface area contributed by atoms with Gasteiger partial charge in [0.15, 0.2) is 0 Å². The third kappa shape index (κ3) is 7.85. The average molecular weight is 284 g/mol. The minimum absolute atomic E-state index is 0.147. The quantitative estimate of drug-likeness (QED) is 0.648. The second kappa shape index (κ2) is 11.1. The fourth-order valence-corrected chi connectivity index (χ4v) is 2.67. The van der Waals surface area contributed by atoms with E-state index in [0.717, 1.165) is 45.2 Å². The van der Waals surface area contributed by atoms with Crippen LogP contribution in [0.4, 0.5) is 0 Å². The van der Waals surface area contributed by atoms with E-state index in [4.69, 9.17) is 4.74 Å². The molecule has 0 bridgehead atoms. The smallest absolute Gasteiger partial charge is 0.222 e. The van der Waals surface area contributed by atoms with Crippen LogP contribution in [0, 0.1) is 0 Å². The Labute approximate surface area is 124 Å². The zero-order chi connectivity index (χ0) is 14.6. The molecule has 1 aliphatic heterocycles. The fraction of sp³-hybridized carbons (Fsp3) is 0.938. The van der Waals surface area contributed by atoms with E-state index in [9.17, 15) is 4.79 Å². The van der Waals surface area contributed by atoms with Gasteiger partial charge in [-0.3, -0.25) is 4.79 Å². The standard InChI is InChI=1S/C16H32N2O2/c1-3-5-7-14(6-4-2)18-16(19)10-13-20-15-8-11-17-12-9-15/h14-15,17H,3-13H2,1-2H3,(H,18,19). The van der Waals surface area contributed by atoms with Crippen molar-refractivity contribution in [2.75, 3.05) is 19.7 Å². The molecule has 0 saturated carbocycles. The van der Waals surface area contributed by atoms with Crippen molar-refractivity contribution in [3.63, 3.8) is 0 Å². The first kappa shape index (κ1) is 17.4. The summed E-state index contributed by atoms with van der Waals surface area (Å²) in [5, 5.41) is 6.47. The molecule has 1 heterocycles. The Kier molecular flexibility index (Phi) is 9.67. The van der Waals surface area contributed by atoms with Crippen LogP contribution in [0.2, 0.25) is 0 Å². The Balaban J connectivity index is 2.13. The molecule has 118 valence electrons. The van der Waals surface area contributed by atoms with Crippen molar-refractivity contribution in [3.05, 3.63) is 0 Å². The number of hydrogen-bond acceptors (Lipinski definition) is 3. The highest BCUT2D eigenvalue weighted by Crippen LogP contribution is 2.09. The lowest BCUT2D eigenvalue weighted by molar-refractivity contribution is -0.123. The van der Waals surface area contributed by atoms with Crippen LogP contribution in [0.15, 0.2) is 0 Å². The third-order valence-electron chi connectivity index (χ3n) is 3.88. The third-order valence-corrected chi connectivity index (χ3v) is 3.88. The summed E-state index contributed by atoms with van der Waals surface area (Å²) in [5.41, 5.74) is 0. The predicted octanol–water partition coefficient (Wildman–Crippen LogP) is 2.62. The maximum absolute atomic E-state index is 11.9. The number of hydrogen-bond donors (Lipinski definition) is 2. The number of ether oxygens (including phenoxy) is 1. The van der Waals surface area contributed by atoms with Crippen LogP contribution < -0.4 is 10.6 Å². The van der Waals surface area contributed by atoms with Gasteiger partial charge in [0, 0.05) is 12.5 Å². The fourth-order valence-electron chi connectivity index (χ4n) is 2.67. The molecule has 1 saturated heterocycles. The molecular formula is C16H32N2O2. The molecule has 20 heavy (non-hydrogen) atoms. The van der Waals surface area contributed by atoms with Gasteiger partial charge in [-0.1, -0.05) is 33.1 Å². The molecule has 1 aliphatic rings. The van der Waals surface area contributed by atoms with Crippen molar-refractivity contribution >= 4 is 5.91 Å². The highest BCUT2D eigenvalue weighted by atomic mass is 16.5. The van der Waals surface area contributed by atoms with E-state index >= 15 is 0 Å². The number of amides is 1. The highest BCUT2D eigenvalue weighted by Gasteiger charge is 2.15. The van der Waals surface area contributed by atoms with Gasteiger partial charge in [-0.15, -0.1) is 0 Å². The summed E-state index contributed by atoms with van der Waals surface area (Å²) in [5.74, 6) is 0.147. The van der Waals surface area contributed by atoms with Gasteiger partial charge in [0.25, 0.3) is 0 Å². The second-order valence-electron chi connectivity index (χ2n) is 5.77.